The molecule has 0 unspecified atom stereocenters. The van der Waals surface area contributed by atoms with E-state index in [0.717, 1.165) is 5.56 Å². The zero-order valence-corrected chi connectivity index (χ0v) is 13.0. The summed E-state index contributed by atoms with van der Waals surface area (Å²) in [6, 6.07) is 10.3. The molecule has 0 aliphatic rings. The predicted octanol–water partition coefficient (Wildman–Crippen LogP) is 3.04. The van der Waals surface area contributed by atoms with Crippen LogP contribution in [0.3, 0.4) is 0 Å². The van der Waals surface area contributed by atoms with E-state index in [1.807, 2.05) is 0 Å². The Bertz CT molecular complexity index is 692. The van der Waals surface area contributed by atoms with Gasteiger partial charge in [0.15, 0.2) is 11.6 Å². The molecule has 0 saturated heterocycles. The maximum absolute atomic E-state index is 13.6. The van der Waals surface area contributed by atoms with E-state index in [-0.39, 0.29) is 18.2 Å². The Morgan fingerprint density at radius 1 is 1.22 bits per heavy atom. The van der Waals surface area contributed by atoms with Crippen LogP contribution in [-0.2, 0) is 11.3 Å². The molecule has 2 aromatic rings. The highest BCUT2D eigenvalue weighted by Crippen LogP contribution is 2.18. The number of likely N-dealkylation sites (N-methyl/N-ethyl adjacent to an activating group) is 1. The minimum atomic E-state index is -0.442. The van der Waals surface area contributed by atoms with Crippen molar-refractivity contribution in [3.05, 3.63) is 59.7 Å². The molecular weight excluding hydrogens is 302 g/mol. The van der Waals surface area contributed by atoms with Gasteiger partial charge in [-0.05, 0) is 42.9 Å². The van der Waals surface area contributed by atoms with Gasteiger partial charge in [0.2, 0.25) is 5.91 Å². The zero-order valence-electron chi connectivity index (χ0n) is 13.0. The lowest BCUT2D eigenvalue weighted by Gasteiger charge is -2.17. The summed E-state index contributed by atoms with van der Waals surface area (Å²) in [5.41, 5.74) is 1.13. The fraction of sp³-hybridized carbons (Fsp3) is 0.235. The van der Waals surface area contributed by atoms with Gasteiger partial charge in [-0.25, -0.2) is 8.78 Å². The average molecular weight is 320 g/mol. The van der Waals surface area contributed by atoms with Crippen LogP contribution in [-0.4, -0.2) is 31.5 Å². The maximum Gasteiger partial charge on any atom is 0.238 e. The first-order valence-corrected chi connectivity index (χ1v) is 7.04. The van der Waals surface area contributed by atoms with Gasteiger partial charge in [-0.15, -0.1) is 0 Å². The number of carbonyl (C=O) groups excluding carboxylic acids is 1. The Kier molecular flexibility index (Phi) is 5.65. The third-order valence-electron chi connectivity index (χ3n) is 3.19. The van der Waals surface area contributed by atoms with E-state index in [9.17, 15) is 13.6 Å². The highest BCUT2D eigenvalue weighted by atomic mass is 19.1. The number of benzene rings is 2. The summed E-state index contributed by atoms with van der Waals surface area (Å²) in [5.74, 6) is -0.945. The van der Waals surface area contributed by atoms with Gasteiger partial charge in [-0.2, -0.15) is 0 Å². The molecule has 0 saturated carbocycles. The molecule has 6 heteroatoms. The topological polar surface area (TPSA) is 41.6 Å². The van der Waals surface area contributed by atoms with Crippen molar-refractivity contribution in [1.29, 1.82) is 0 Å². The van der Waals surface area contributed by atoms with Crippen LogP contribution >= 0.6 is 0 Å². The van der Waals surface area contributed by atoms with E-state index in [1.54, 1.807) is 30.1 Å². The Hall–Kier alpha value is -2.47. The van der Waals surface area contributed by atoms with Gasteiger partial charge in [-0.1, -0.05) is 12.1 Å². The standard InChI is InChI=1S/C17H18F2N2O2/c1-21(10-12-6-7-16(23-2)15(19)8-12)11-17(22)20-14-5-3-4-13(18)9-14/h3-9H,10-11H2,1-2H3,(H,20,22). The van der Waals surface area contributed by atoms with Crippen LogP contribution in [0.15, 0.2) is 42.5 Å². The van der Waals surface area contributed by atoms with Crippen LogP contribution in [0.2, 0.25) is 0 Å². The minimum absolute atomic E-state index is 0.101. The highest BCUT2D eigenvalue weighted by molar-refractivity contribution is 5.92. The summed E-state index contributed by atoms with van der Waals surface area (Å²) in [5, 5.41) is 2.61. The Labute approximate surface area is 133 Å². The van der Waals surface area contributed by atoms with Gasteiger partial charge in [0.1, 0.15) is 5.82 Å². The van der Waals surface area contributed by atoms with Crippen molar-refractivity contribution in [2.45, 2.75) is 6.54 Å². The molecule has 0 atom stereocenters. The quantitative estimate of drug-likeness (QED) is 0.889. The number of hydrogen-bond acceptors (Lipinski definition) is 3. The first-order chi connectivity index (χ1) is 11.0. The summed E-state index contributed by atoms with van der Waals surface area (Å²) >= 11 is 0. The van der Waals surface area contributed by atoms with Crippen molar-refractivity contribution in [3.8, 4) is 5.75 Å². The van der Waals surface area contributed by atoms with Crippen LogP contribution < -0.4 is 10.1 Å². The Morgan fingerprint density at radius 3 is 2.65 bits per heavy atom. The second kappa shape index (κ2) is 7.69. The molecular formula is C17H18F2N2O2. The molecule has 0 aromatic heterocycles. The van der Waals surface area contributed by atoms with E-state index in [1.165, 1.54) is 31.4 Å². The lowest BCUT2D eigenvalue weighted by molar-refractivity contribution is -0.117. The lowest BCUT2D eigenvalue weighted by Crippen LogP contribution is -2.29. The summed E-state index contributed by atoms with van der Waals surface area (Å²) in [6.07, 6.45) is 0. The second-order valence-corrected chi connectivity index (χ2v) is 5.20. The highest BCUT2D eigenvalue weighted by Gasteiger charge is 2.10. The molecule has 0 aliphatic heterocycles. The molecule has 2 rings (SSSR count). The molecule has 0 spiro atoms. The van der Waals surface area contributed by atoms with Gasteiger partial charge in [0, 0.05) is 12.2 Å². The molecule has 0 fully saturated rings. The van der Waals surface area contributed by atoms with E-state index < -0.39 is 11.6 Å². The number of nitrogens with one attached hydrogen (secondary N) is 1. The molecule has 23 heavy (non-hydrogen) atoms. The summed E-state index contributed by atoms with van der Waals surface area (Å²) in [6.45, 7) is 0.502. The minimum Gasteiger partial charge on any atom is -0.494 e. The van der Waals surface area contributed by atoms with Crippen molar-refractivity contribution < 1.29 is 18.3 Å². The molecule has 0 bridgehead atoms. The second-order valence-electron chi connectivity index (χ2n) is 5.20. The normalized spacial score (nSPS) is 10.7. The van der Waals surface area contributed by atoms with Gasteiger partial charge < -0.3 is 10.1 Å². The molecule has 4 nitrogen and oxygen atoms in total. The van der Waals surface area contributed by atoms with Gasteiger partial charge >= 0.3 is 0 Å². The summed E-state index contributed by atoms with van der Waals surface area (Å²) in [7, 11) is 3.15. The molecule has 0 aliphatic carbocycles. The number of anilines is 1. The van der Waals surface area contributed by atoms with Crippen molar-refractivity contribution in [1.82, 2.24) is 4.90 Å². The number of halogens is 2. The molecule has 0 radical (unpaired) electrons. The van der Waals surface area contributed by atoms with Gasteiger partial charge in [0.05, 0.1) is 13.7 Å². The molecule has 1 amide bonds. The van der Waals surface area contributed by atoms with Crippen LogP contribution in [0.4, 0.5) is 14.5 Å². The number of rotatable bonds is 6. The largest absolute Gasteiger partial charge is 0.494 e. The third-order valence-corrected chi connectivity index (χ3v) is 3.19. The van der Waals surface area contributed by atoms with E-state index in [4.69, 9.17) is 4.74 Å². The molecule has 2 aromatic carbocycles. The lowest BCUT2D eigenvalue weighted by atomic mass is 10.2. The van der Waals surface area contributed by atoms with Crippen LogP contribution in [0.5, 0.6) is 5.75 Å². The molecule has 122 valence electrons. The number of ether oxygens (including phenoxy) is 1. The third kappa shape index (κ3) is 5.03. The first-order valence-electron chi connectivity index (χ1n) is 7.04. The smallest absolute Gasteiger partial charge is 0.238 e. The Morgan fingerprint density at radius 2 is 2.00 bits per heavy atom. The predicted molar refractivity (Wildman–Crippen MR) is 84.3 cm³/mol. The van der Waals surface area contributed by atoms with Crippen LogP contribution in [0, 0.1) is 11.6 Å². The SMILES string of the molecule is COc1ccc(CN(C)CC(=O)Nc2cccc(F)c2)cc1F. The molecule has 1 N–H and O–H groups in total. The summed E-state index contributed by atoms with van der Waals surface area (Å²) < 4.78 is 31.6. The van der Waals surface area contributed by atoms with Crippen molar-refractivity contribution in [2.24, 2.45) is 0 Å². The van der Waals surface area contributed by atoms with Crippen LogP contribution in [0.25, 0.3) is 0 Å². The first kappa shape index (κ1) is 16.9. The van der Waals surface area contributed by atoms with Crippen molar-refractivity contribution >= 4 is 11.6 Å². The van der Waals surface area contributed by atoms with Crippen molar-refractivity contribution in [3.63, 3.8) is 0 Å². The number of carbonyl (C=O) groups is 1. The van der Waals surface area contributed by atoms with Crippen LogP contribution in [0.1, 0.15) is 5.56 Å². The van der Waals surface area contributed by atoms with E-state index >= 15 is 0 Å². The number of nitrogens with zero attached hydrogens (tertiary/aromatic N) is 1. The fourth-order valence-electron chi connectivity index (χ4n) is 2.19. The van der Waals surface area contributed by atoms with E-state index in [0.29, 0.717) is 12.2 Å². The average Bonchev–Trinajstić information content (AvgIpc) is 2.47. The number of amides is 1. The number of methoxy groups -OCH3 is 1. The summed E-state index contributed by atoms with van der Waals surface area (Å²) in [4.78, 5) is 13.7. The monoisotopic (exact) mass is 320 g/mol. The molecule has 0 heterocycles. The van der Waals surface area contributed by atoms with Gasteiger partial charge in [0.25, 0.3) is 0 Å². The zero-order chi connectivity index (χ0) is 16.8. The maximum atomic E-state index is 13.6. The van der Waals surface area contributed by atoms with Crippen molar-refractivity contribution in [2.75, 3.05) is 26.0 Å². The Balaban J connectivity index is 1.90. The number of hydrogen-bond donors (Lipinski definition) is 1. The van der Waals surface area contributed by atoms with E-state index in [2.05, 4.69) is 5.32 Å². The van der Waals surface area contributed by atoms with Gasteiger partial charge in [-0.3, -0.25) is 9.69 Å². The fourth-order valence-corrected chi connectivity index (χ4v) is 2.19.